The van der Waals surface area contributed by atoms with Gasteiger partial charge in [-0.05, 0) is 35.9 Å². The number of alkyl halides is 3. The van der Waals surface area contributed by atoms with Crippen LogP contribution in [0.5, 0.6) is 0 Å². The van der Waals surface area contributed by atoms with Gasteiger partial charge in [0.2, 0.25) is 0 Å². The largest absolute Gasteiger partial charge is 0.416 e. The molecule has 3 aromatic carbocycles. The second-order valence-electron chi connectivity index (χ2n) is 7.82. The predicted octanol–water partition coefficient (Wildman–Crippen LogP) is 5.49. The summed E-state index contributed by atoms with van der Waals surface area (Å²) in [6.07, 6.45) is -4.46. The number of amides is 2. The zero-order valence-electron chi connectivity index (χ0n) is 17.7. The molecule has 0 spiro atoms. The quantitative estimate of drug-likeness (QED) is 0.270. The summed E-state index contributed by atoms with van der Waals surface area (Å²) < 4.78 is 41.5. The number of hydrogen-bond acceptors (Lipinski definition) is 4. The first kappa shape index (κ1) is 22.2. The first-order valence-corrected chi connectivity index (χ1v) is 11.5. The van der Waals surface area contributed by atoms with Crippen molar-refractivity contribution in [3.8, 4) is 0 Å². The van der Waals surface area contributed by atoms with Crippen LogP contribution in [0, 0.1) is 0 Å². The number of nitrogens with zero attached hydrogens (tertiary/aromatic N) is 3. The molecule has 1 aromatic heterocycles. The lowest BCUT2D eigenvalue weighted by molar-refractivity contribution is -0.137. The van der Waals surface area contributed by atoms with Crippen LogP contribution in [0.25, 0.3) is 11.0 Å². The van der Waals surface area contributed by atoms with Crippen molar-refractivity contribution in [2.45, 2.75) is 17.9 Å². The van der Waals surface area contributed by atoms with Crippen molar-refractivity contribution in [1.82, 2.24) is 14.5 Å². The molecule has 5 nitrogen and oxygen atoms in total. The van der Waals surface area contributed by atoms with Gasteiger partial charge in [-0.3, -0.25) is 14.5 Å². The summed E-state index contributed by atoms with van der Waals surface area (Å²) in [5.74, 6) is -0.321. The Morgan fingerprint density at radius 3 is 2.15 bits per heavy atom. The smallest absolute Gasteiger partial charge is 0.314 e. The maximum absolute atomic E-state index is 13.2. The molecule has 4 aromatic rings. The molecule has 0 atom stereocenters. The number of fused-ring (bicyclic) bond motifs is 2. The van der Waals surface area contributed by atoms with E-state index in [-0.39, 0.29) is 23.9 Å². The number of benzene rings is 3. The predicted molar refractivity (Wildman–Crippen MR) is 123 cm³/mol. The van der Waals surface area contributed by atoms with Crippen LogP contribution in [0.4, 0.5) is 13.2 Å². The molecule has 1 aliphatic rings. The van der Waals surface area contributed by atoms with Crippen molar-refractivity contribution in [3.63, 3.8) is 0 Å². The van der Waals surface area contributed by atoms with E-state index in [0.29, 0.717) is 34.1 Å². The average molecular weight is 481 g/mol. The number of carbonyl (C=O) groups is 2. The molecular formula is C25H18F3N3O2S. The summed E-state index contributed by atoms with van der Waals surface area (Å²) in [6, 6.07) is 19.8. The number of halogens is 3. The molecule has 5 rings (SSSR count). The molecule has 0 radical (unpaired) electrons. The molecule has 1 aliphatic heterocycles. The van der Waals surface area contributed by atoms with Gasteiger partial charge < -0.3 is 4.57 Å². The molecule has 34 heavy (non-hydrogen) atoms. The van der Waals surface area contributed by atoms with Crippen molar-refractivity contribution < 1.29 is 22.8 Å². The highest BCUT2D eigenvalue weighted by Crippen LogP contribution is 2.33. The summed E-state index contributed by atoms with van der Waals surface area (Å²) in [5, 5.41) is 0.523. The van der Waals surface area contributed by atoms with Crippen LogP contribution in [0.3, 0.4) is 0 Å². The van der Waals surface area contributed by atoms with E-state index in [1.54, 1.807) is 24.3 Å². The average Bonchev–Trinajstić information content (AvgIpc) is 3.29. The highest BCUT2D eigenvalue weighted by atomic mass is 32.2. The van der Waals surface area contributed by atoms with Gasteiger partial charge in [0.25, 0.3) is 11.8 Å². The molecule has 0 saturated heterocycles. The van der Waals surface area contributed by atoms with Gasteiger partial charge in [0.05, 0.1) is 34.3 Å². The van der Waals surface area contributed by atoms with Crippen molar-refractivity contribution in [3.05, 3.63) is 95.1 Å². The highest BCUT2D eigenvalue weighted by molar-refractivity contribution is 7.99. The van der Waals surface area contributed by atoms with Gasteiger partial charge >= 0.3 is 6.18 Å². The number of aromatic nitrogens is 2. The Kier molecular flexibility index (Phi) is 5.65. The van der Waals surface area contributed by atoms with E-state index in [2.05, 4.69) is 4.98 Å². The molecule has 172 valence electrons. The first-order valence-electron chi connectivity index (χ1n) is 10.5. The molecule has 0 N–H and O–H groups in total. The fraction of sp³-hybridized carbons (Fsp3) is 0.160. The van der Waals surface area contributed by atoms with E-state index in [1.807, 2.05) is 34.9 Å². The Hall–Kier alpha value is -3.59. The number of rotatable bonds is 6. The minimum atomic E-state index is -4.46. The topological polar surface area (TPSA) is 55.2 Å². The number of carbonyl (C=O) groups excluding carboxylic acids is 2. The van der Waals surface area contributed by atoms with E-state index in [4.69, 9.17) is 0 Å². The van der Waals surface area contributed by atoms with Crippen molar-refractivity contribution in [2.24, 2.45) is 0 Å². The summed E-state index contributed by atoms with van der Waals surface area (Å²) in [4.78, 5) is 30.9. The van der Waals surface area contributed by atoms with E-state index in [0.717, 1.165) is 17.7 Å². The van der Waals surface area contributed by atoms with Crippen molar-refractivity contribution in [1.29, 1.82) is 0 Å². The molecule has 2 heterocycles. The first-order chi connectivity index (χ1) is 16.3. The van der Waals surface area contributed by atoms with E-state index < -0.39 is 11.7 Å². The van der Waals surface area contributed by atoms with Crippen LogP contribution in [0.2, 0.25) is 0 Å². The fourth-order valence-corrected chi connectivity index (χ4v) is 4.92. The molecule has 0 fully saturated rings. The Bertz CT molecular complexity index is 1360. The lowest BCUT2D eigenvalue weighted by Gasteiger charge is -2.14. The molecule has 9 heteroatoms. The molecule has 0 unspecified atom stereocenters. The van der Waals surface area contributed by atoms with Crippen molar-refractivity contribution >= 4 is 34.6 Å². The van der Waals surface area contributed by atoms with Gasteiger partial charge in [-0.1, -0.05) is 54.2 Å². The fourth-order valence-electron chi connectivity index (χ4n) is 3.98. The Labute approximate surface area is 197 Å². The maximum Gasteiger partial charge on any atom is 0.416 e. The SMILES string of the molecule is O=C1c2ccccc2C(=O)N1CCSc1nc2cc(C(F)(F)F)ccc2n1Cc1ccccc1. The maximum atomic E-state index is 13.2. The van der Waals surface area contributed by atoms with Gasteiger partial charge in [0.15, 0.2) is 5.16 Å². The summed E-state index contributed by atoms with van der Waals surface area (Å²) >= 11 is 1.30. The molecule has 0 saturated carbocycles. The second kappa shape index (κ2) is 8.64. The second-order valence-corrected chi connectivity index (χ2v) is 8.89. The summed E-state index contributed by atoms with van der Waals surface area (Å²) in [6.45, 7) is 0.595. The van der Waals surface area contributed by atoms with Crippen molar-refractivity contribution in [2.75, 3.05) is 12.3 Å². The highest BCUT2D eigenvalue weighted by Gasteiger charge is 2.35. The summed E-state index contributed by atoms with van der Waals surface area (Å²) in [5.41, 5.74) is 1.81. The van der Waals surface area contributed by atoms with Gasteiger partial charge in [-0.25, -0.2) is 4.98 Å². The minimum Gasteiger partial charge on any atom is -0.314 e. The van der Waals surface area contributed by atoms with Gasteiger partial charge in [0.1, 0.15) is 0 Å². The standard InChI is InChI=1S/C25H18F3N3O2S/c26-25(27,28)17-10-11-21-20(14-17)29-24(31(21)15-16-6-2-1-3-7-16)34-13-12-30-22(32)18-8-4-5-9-19(18)23(30)33/h1-11,14H,12-13,15H2. The van der Waals surface area contributed by atoms with Gasteiger partial charge in [-0.15, -0.1) is 0 Å². The van der Waals surface area contributed by atoms with Crippen LogP contribution in [-0.2, 0) is 12.7 Å². The number of imidazole rings is 1. The third-order valence-electron chi connectivity index (χ3n) is 5.65. The molecule has 0 aliphatic carbocycles. The number of imide groups is 1. The normalized spacial score (nSPS) is 13.7. The zero-order chi connectivity index (χ0) is 23.9. The Morgan fingerprint density at radius 2 is 1.50 bits per heavy atom. The lowest BCUT2D eigenvalue weighted by Crippen LogP contribution is -2.31. The van der Waals surface area contributed by atoms with Gasteiger partial charge in [0, 0.05) is 12.3 Å². The van der Waals surface area contributed by atoms with Crippen LogP contribution in [-0.4, -0.2) is 38.6 Å². The van der Waals surface area contributed by atoms with Crippen LogP contribution >= 0.6 is 11.8 Å². The van der Waals surface area contributed by atoms with E-state index in [9.17, 15) is 22.8 Å². The molecule has 2 amide bonds. The Balaban J connectivity index is 1.41. The van der Waals surface area contributed by atoms with Crippen LogP contribution < -0.4 is 0 Å². The Morgan fingerprint density at radius 1 is 0.853 bits per heavy atom. The number of hydrogen-bond donors (Lipinski definition) is 0. The third-order valence-corrected chi connectivity index (χ3v) is 6.60. The lowest BCUT2D eigenvalue weighted by atomic mass is 10.1. The number of thioether (sulfide) groups is 1. The molecular weight excluding hydrogens is 463 g/mol. The van der Waals surface area contributed by atoms with Crippen LogP contribution in [0.1, 0.15) is 31.8 Å². The third kappa shape index (κ3) is 4.07. The summed E-state index contributed by atoms with van der Waals surface area (Å²) in [7, 11) is 0. The minimum absolute atomic E-state index is 0.166. The van der Waals surface area contributed by atoms with Gasteiger partial charge in [-0.2, -0.15) is 13.2 Å². The monoisotopic (exact) mass is 481 g/mol. The van der Waals surface area contributed by atoms with E-state index >= 15 is 0 Å². The zero-order valence-corrected chi connectivity index (χ0v) is 18.6. The van der Waals surface area contributed by atoms with E-state index in [1.165, 1.54) is 22.7 Å². The molecule has 0 bridgehead atoms. The van der Waals surface area contributed by atoms with Crippen LogP contribution in [0.15, 0.2) is 78.0 Å².